The highest BCUT2D eigenvalue weighted by molar-refractivity contribution is 5.77. The van der Waals surface area contributed by atoms with Crippen molar-refractivity contribution in [2.45, 2.75) is 44.2 Å². The van der Waals surface area contributed by atoms with Gasteiger partial charge in [-0.2, -0.15) is 5.26 Å². The number of hydrogen-bond acceptors (Lipinski definition) is 4. The van der Waals surface area contributed by atoms with Gasteiger partial charge in [-0.25, -0.2) is 0 Å². The number of ether oxygens (including phenoxy) is 1. The van der Waals surface area contributed by atoms with Crippen LogP contribution in [0.4, 0.5) is 0 Å². The van der Waals surface area contributed by atoms with Gasteiger partial charge in [0.2, 0.25) is 5.91 Å². The number of carbonyl (C=O) groups is 1. The van der Waals surface area contributed by atoms with Crippen molar-refractivity contribution < 1.29 is 14.6 Å². The molecule has 128 valence electrons. The third-order valence-corrected chi connectivity index (χ3v) is 5.22. The summed E-state index contributed by atoms with van der Waals surface area (Å²) in [5.74, 6) is 0.274. The van der Waals surface area contributed by atoms with Crippen LogP contribution in [0.3, 0.4) is 0 Å². The predicted molar refractivity (Wildman–Crippen MR) is 89.1 cm³/mol. The van der Waals surface area contributed by atoms with E-state index in [0.29, 0.717) is 38.2 Å². The standard InChI is InChI=1S/C19H24N2O3/c20-12-15-6-4-14(5-7-15)8-9-19(23)21-10-11-24-13-17(21)16-2-1-3-18(16)22/h4-7,16-18,22H,1-3,8-11,13H2. The molecule has 1 aliphatic carbocycles. The van der Waals surface area contributed by atoms with Crippen molar-refractivity contribution >= 4 is 5.91 Å². The van der Waals surface area contributed by atoms with Gasteiger partial charge in [0.15, 0.2) is 0 Å². The predicted octanol–water partition coefficient (Wildman–Crippen LogP) is 1.88. The fourth-order valence-electron chi connectivity index (χ4n) is 3.85. The zero-order chi connectivity index (χ0) is 16.9. The van der Waals surface area contributed by atoms with E-state index in [1.807, 2.05) is 17.0 Å². The minimum atomic E-state index is -0.314. The number of aryl methyl sites for hydroxylation is 1. The van der Waals surface area contributed by atoms with Crippen LogP contribution in [-0.4, -0.2) is 47.8 Å². The molecule has 0 bridgehead atoms. The Morgan fingerprint density at radius 1 is 1.33 bits per heavy atom. The highest BCUT2D eigenvalue weighted by Crippen LogP contribution is 2.32. The van der Waals surface area contributed by atoms with E-state index in [1.165, 1.54) is 0 Å². The zero-order valence-electron chi connectivity index (χ0n) is 13.9. The van der Waals surface area contributed by atoms with E-state index in [-0.39, 0.29) is 24.0 Å². The third-order valence-electron chi connectivity index (χ3n) is 5.22. The monoisotopic (exact) mass is 328 g/mol. The molecule has 0 radical (unpaired) electrons. The lowest BCUT2D eigenvalue weighted by molar-refractivity contribution is -0.143. The van der Waals surface area contributed by atoms with Gasteiger partial charge in [-0.3, -0.25) is 4.79 Å². The molecule has 1 N–H and O–H groups in total. The van der Waals surface area contributed by atoms with Crippen LogP contribution < -0.4 is 0 Å². The van der Waals surface area contributed by atoms with Crippen molar-refractivity contribution in [1.29, 1.82) is 5.26 Å². The number of benzene rings is 1. The molecule has 1 saturated heterocycles. The summed E-state index contributed by atoms with van der Waals surface area (Å²) < 4.78 is 5.58. The van der Waals surface area contributed by atoms with Gasteiger partial charge in [0.1, 0.15) is 0 Å². The highest BCUT2D eigenvalue weighted by atomic mass is 16.5. The van der Waals surface area contributed by atoms with Crippen molar-refractivity contribution in [1.82, 2.24) is 4.90 Å². The summed E-state index contributed by atoms with van der Waals surface area (Å²) in [6, 6.07) is 9.48. The highest BCUT2D eigenvalue weighted by Gasteiger charge is 2.39. The van der Waals surface area contributed by atoms with Gasteiger partial charge in [-0.05, 0) is 37.0 Å². The Bertz CT molecular complexity index is 608. The van der Waals surface area contributed by atoms with E-state index in [4.69, 9.17) is 10.00 Å². The molecule has 1 aliphatic heterocycles. The first-order valence-corrected chi connectivity index (χ1v) is 8.73. The largest absolute Gasteiger partial charge is 0.393 e. The summed E-state index contributed by atoms with van der Waals surface area (Å²) in [6.45, 7) is 1.71. The average molecular weight is 328 g/mol. The Hall–Kier alpha value is -1.90. The average Bonchev–Trinajstić information content (AvgIpc) is 3.06. The molecule has 1 aromatic carbocycles. The molecule has 3 unspecified atom stereocenters. The van der Waals surface area contributed by atoms with E-state index in [1.54, 1.807) is 12.1 Å². The Kier molecular flexibility index (Phi) is 5.49. The number of aliphatic hydroxyl groups is 1. The Labute approximate surface area is 142 Å². The second kappa shape index (κ2) is 7.78. The maximum Gasteiger partial charge on any atom is 0.223 e. The molecule has 1 saturated carbocycles. The van der Waals surface area contributed by atoms with Gasteiger partial charge in [0.25, 0.3) is 0 Å². The number of hydrogen-bond donors (Lipinski definition) is 1. The van der Waals surface area contributed by atoms with E-state index in [9.17, 15) is 9.90 Å². The van der Waals surface area contributed by atoms with Crippen molar-refractivity contribution in [2.24, 2.45) is 5.92 Å². The molecule has 5 nitrogen and oxygen atoms in total. The zero-order valence-corrected chi connectivity index (χ0v) is 13.9. The van der Waals surface area contributed by atoms with Gasteiger partial charge >= 0.3 is 0 Å². The first-order valence-electron chi connectivity index (χ1n) is 8.73. The number of amides is 1. The number of nitriles is 1. The number of rotatable bonds is 4. The lowest BCUT2D eigenvalue weighted by atomic mass is 9.93. The lowest BCUT2D eigenvalue weighted by Gasteiger charge is -2.40. The van der Waals surface area contributed by atoms with E-state index >= 15 is 0 Å². The van der Waals surface area contributed by atoms with Crippen molar-refractivity contribution in [2.75, 3.05) is 19.8 Å². The molecular formula is C19H24N2O3. The normalized spacial score (nSPS) is 27.0. The Morgan fingerprint density at radius 3 is 2.79 bits per heavy atom. The number of nitrogens with zero attached hydrogens (tertiary/aromatic N) is 2. The lowest BCUT2D eigenvalue weighted by Crippen LogP contribution is -2.53. The van der Waals surface area contributed by atoms with Crippen LogP contribution in [0.15, 0.2) is 24.3 Å². The van der Waals surface area contributed by atoms with Crippen LogP contribution in [-0.2, 0) is 16.0 Å². The second-order valence-electron chi connectivity index (χ2n) is 6.70. The summed E-state index contributed by atoms with van der Waals surface area (Å²) >= 11 is 0. The first-order chi connectivity index (χ1) is 11.7. The van der Waals surface area contributed by atoms with Gasteiger partial charge < -0.3 is 14.7 Å². The Balaban J connectivity index is 1.60. The maximum absolute atomic E-state index is 12.7. The van der Waals surface area contributed by atoms with Gasteiger partial charge in [0, 0.05) is 18.9 Å². The molecule has 0 spiro atoms. The van der Waals surface area contributed by atoms with Crippen molar-refractivity contribution in [3.05, 3.63) is 35.4 Å². The smallest absolute Gasteiger partial charge is 0.223 e. The van der Waals surface area contributed by atoms with Crippen molar-refractivity contribution in [3.63, 3.8) is 0 Å². The maximum atomic E-state index is 12.7. The SMILES string of the molecule is N#Cc1ccc(CCC(=O)N2CCOCC2C2CCCC2O)cc1. The van der Waals surface area contributed by atoms with Gasteiger partial charge in [0.05, 0.1) is 37.0 Å². The molecule has 0 aromatic heterocycles. The summed E-state index contributed by atoms with van der Waals surface area (Å²) in [5.41, 5.74) is 1.70. The minimum absolute atomic E-state index is 0.00437. The molecule has 1 heterocycles. The quantitative estimate of drug-likeness (QED) is 0.916. The molecule has 3 atom stereocenters. The number of aliphatic hydroxyl groups excluding tert-OH is 1. The van der Waals surface area contributed by atoms with E-state index in [2.05, 4.69) is 6.07 Å². The van der Waals surface area contributed by atoms with Gasteiger partial charge in [-0.1, -0.05) is 18.6 Å². The molecule has 24 heavy (non-hydrogen) atoms. The molecule has 1 amide bonds. The first kappa shape index (κ1) is 16.9. The summed E-state index contributed by atoms with van der Waals surface area (Å²) in [6.07, 6.45) is 3.62. The van der Waals surface area contributed by atoms with E-state index < -0.39 is 0 Å². The minimum Gasteiger partial charge on any atom is -0.393 e. The molecule has 2 fully saturated rings. The number of carbonyl (C=O) groups excluding carboxylic acids is 1. The van der Waals surface area contributed by atoms with Crippen LogP contribution in [0.5, 0.6) is 0 Å². The van der Waals surface area contributed by atoms with Crippen LogP contribution in [0.2, 0.25) is 0 Å². The van der Waals surface area contributed by atoms with Crippen LogP contribution in [0, 0.1) is 17.2 Å². The molecule has 2 aliphatic rings. The topological polar surface area (TPSA) is 73.6 Å². The fourth-order valence-corrected chi connectivity index (χ4v) is 3.85. The molecule has 1 aromatic rings. The third kappa shape index (κ3) is 3.77. The van der Waals surface area contributed by atoms with Crippen LogP contribution in [0.25, 0.3) is 0 Å². The Morgan fingerprint density at radius 2 is 2.12 bits per heavy atom. The van der Waals surface area contributed by atoms with E-state index in [0.717, 1.165) is 24.8 Å². The van der Waals surface area contributed by atoms with Crippen LogP contribution in [0.1, 0.15) is 36.8 Å². The van der Waals surface area contributed by atoms with Gasteiger partial charge in [-0.15, -0.1) is 0 Å². The fraction of sp³-hybridized carbons (Fsp3) is 0.579. The van der Waals surface area contributed by atoms with Crippen molar-refractivity contribution in [3.8, 4) is 6.07 Å². The number of morpholine rings is 1. The summed E-state index contributed by atoms with van der Waals surface area (Å²) in [7, 11) is 0. The summed E-state index contributed by atoms with van der Waals surface area (Å²) in [4.78, 5) is 14.6. The summed E-state index contributed by atoms with van der Waals surface area (Å²) in [5, 5.41) is 19.0. The molecule has 3 rings (SSSR count). The van der Waals surface area contributed by atoms with Crippen LogP contribution >= 0.6 is 0 Å². The second-order valence-corrected chi connectivity index (χ2v) is 6.70. The molecular weight excluding hydrogens is 304 g/mol. The molecule has 5 heteroatoms.